The van der Waals surface area contributed by atoms with Crippen molar-refractivity contribution in [2.24, 2.45) is 0 Å². The number of rotatable bonds is 6. The molecule has 18 heavy (non-hydrogen) atoms. The van der Waals surface area contributed by atoms with Crippen molar-refractivity contribution in [3.8, 4) is 0 Å². The first kappa shape index (κ1) is 15.2. The zero-order chi connectivity index (χ0) is 13.6. The molecule has 0 radical (unpaired) electrons. The lowest BCUT2D eigenvalue weighted by Gasteiger charge is -2.19. The van der Waals surface area contributed by atoms with E-state index in [0.29, 0.717) is 0 Å². The van der Waals surface area contributed by atoms with Crippen LogP contribution in [0, 0.1) is 0 Å². The van der Waals surface area contributed by atoms with Crippen LogP contribution in [0.1, 0.15) is 51.7 Å². The Morgan fingerprint density at radius 2 is 1.78 bits per heavy atom. The summed E-state index contributed by atoms with van der Waals surface area (Å²) in [4.78, 5) is 0. The molecule has 0 bridgehead atoms. The van der Waals surface area contributed by atoms with Crippen LogP contribution in [0.25, 0.3) is 0 Å². The normalized spacial score (nSPS) is 13.6. The smallest absolute Gasteiger partial charge is 0.0512 e. The molecule has 2 nitrogen and oxygen atoms in total. The second-order valence-corrected chi connectivity index (χ2v) is 6.11. The first-order chi connectivity index (χ1) is 8.39. The second kappa shape index (κ2) is 6.91. The van der Waals surface area contributed by atoms with Crippen LogP contribution in [0.3, 0.4) is 0 Å². The predicted octanol–water partition coefficient (Wildman–Crippen LogP) is 3.23. The number of hydrogen-bond donors (Lipinski definition) is 2. The van der Waals surface area contributed by atoms with Gasteiger partial charge in [0.25, 0.3) is 0 Å². The Bertz CT molecular complexity index is 335. The van der Waals surface area contributed by atoms with Crippen LogP contribution in [0.4, 0.5) is 0 Å². The lowest BCUT2D eigenvalue weighted by molar-refractivity contribution is 0.181. The van der Waals surface area contributed by atoms with E-state index in [1.807, 2.05) is 6.92 Å². The molecule has 0 aliphatic heterocycles. The van der Waals surface area contributed by atoms with Gasteiger partial charge in [0.05, 0.1) is 6.10 Å². The molecule has 2 N–H and O–H groups in total. The fourth-order valence-electron chi connectivity index (χ4n) is 1.88. The van der Waals surface area contributed by atoms with Gasteiger partial charge in [-0.1, -0.05) is 45.0 Å². The maximum absolute atomic E-state index is 9.15. The molecule has 0 spiro atoms. The van der Waals surface area contributed by atoms with E-state index in [0.717, 1.165) is 25.9 Å². The van der Waals surface area contributed by atoms with Crippen molar-refractivity contribution in [2.45, 2.75) is 58.6 Å². The van der Waals surface area contributed by atoms with Crippen LogP contribution >= 0.6 is 0 Å². The summed E-state index contributed by atoms with van der Waals surface area (Å²) < 4.78 is 0. The van der Waals surface area contributed by atoms with Crippen molar-refractivity contribution in [2.75, 3.05) is 6.54 Å². The van der Waals surface area contributed by atoms with E-state index in [4.69, 9.17) is 5.11 Å². The predicted molar refractivity (Wildman–Crippen MR) is 77.8 cm³/mol. The van der Waals surface area contributed by atoms with Gasteiger partial charge in [-0.2, -0.15) is 0 Å². The Morgan fingerprint density at radius 1 is 1.17 bits per heavy atom. The molecule has 0 amide bonds. The van der Waals surface area contributed by atoms with E-state index in [9.17, 15) is 0 Å². The van der Waals surface area contributed by atoms with Gasteiger partial charge >= 0.3 is 0 Å². The molecule has 1 aromatic carbocycles. The van der Waals surface area contributed by atoms with Crippen molar-refractivity contribution in [1.82, 2.24) is 5.32 Å². The number of aliphatic hydroxyl groups excluding tert-OH is 1. The Labute approximate surface area is 111 Å². The minimum Gasteiger partial charge on any atom is -0.393 e. The molecule has 0 aromatic heterocycles. The Morgan fingerprint density at radius 3 is 2.28 bits per heavy atom. The van der Waals surface area contributed by atoms with Gasteiger partial charge in [0.2, 0.25) is 0 Å². The van der Waals surface area contributed by atoms with Crippen LogP contribution in [0.2, 0.25) is 0 Å². The zero-order valence-corrected chi connectivity index (χ0v) is 12.2. The lowest BCUT2D eigenvalue weighted by Crippen LogP contribution is -2.16. The Balaban J connectivity index is 2.31. The molecule has 0 saturated carbocycles. The highest BCUT2D eigenvalue weighted by atomic mass is 16.3. The molecular weight excluding hydrogens is 222 g/mol. The summed E-state index contributed by atoms with van der Waals surface area (Å²) in [5.41, 5.74) is 2.92. The third-order valence-corrected chi connectivity index (χ3v) is 3.12. The van der Waals surface area contributed by atoms with Crippen LogP contribution < -0.4 is 5.32 Å². The lowest BCUT2D eigenvalue weighted by atomic mass is 9.87. The van der Waals surface area contributed by atoms with E-state index < -0.39 is 0 Å². The first-order valence-corrected chi connectivity index (χ1v) is 6.88. The quantitative estimate of drug-likeness (QED) is 0.759. The SMILES string of the molecule is CC(O)CCCNCc1ccc(C(C)(C)C)cc1. The summed E-state index contributed by atoms with van der Waals surface area (Å²) in [6.07, 6.45) is 1.71. The highest BCUT2D eigenvalue weighted by Gasteiger charge is 2.12. The van der Waals surface area contributed by atoms with Gasteiger partial charge in [0.1, 0.15) is 0 Å². The molecule has 0 aliphatic rings. The average molecular weight is 249 g/mol. The summed E-state index contributed by atoms with van der Waals surface area (Å²) in [6, 6.07) is 8.82. The molecule has 1 rings (SSSR count). The summed E-state index contributed by atoms with van der Waals surface area (Å²) in [7, 11) is 0. The number of aliphatic hydroxyl groups is 1. The fourth-order valence-corrected chi connectivity index (χ4v) is 1.88. The zero-order valence-electron chi connectivity index (χ0n) is 12.2. The minimum absolute atomic E-state index is 0.183. The van der Waals surface area contributed by atoms with Crippen LogP contribution in [0.5, 0.6) is 0 Å². The van der Waals surface area contributed by atoms with Gasteiger partial charge < -0.3 is 10.4 Å². The van der Waals surface area contributed by atoms with Gasteiger partial charge in [0.15, 0.2) is 0 Å². The molecule has 0 fully saturated rings. The maximum atomic E-state index is 9.15. The van der Waals surface area contributed by atoms with Gasteiger partial charge in [0, 0.05) is 6.54 Å². The van der Waals surface area contributed by atoms with Crippen molar-refractivity contribution >= 4 is 0 Å². The minimum atomic E-state index is -0.183. The Kier molecular flexibility index (Phi) is 5.83. The number of benzene rings is 1. The van der Waals surface area contributed by atoms with E-state index in [1.54, 1.807) is 0 Å². The van der Waals surface area contributed by atoms with Gasteiger partial charge in [-0.25, -0.2) is 0 Å². The number of hydrogen-bond acceptors (Lipinski definition) is 2. The van der Waals surface area contributed by atoms with Crippen LogP contribution in [0.15, 0.2) is 24.3 Å². The van der Waals surface area contributed by atoms with E-state index in [2.05, 4.69) is 50.4 Å². The fraction of sp³-hybridized carbons (Fsp3) is 0.625. The summed E-state index contributed by atoms with van der Waals surface area (Å²) in [5.74, 6) is 0. The van der Waals surface area contributed by atoms with E-state index in [-0.39, 0.29) is 11.5 Å². The second-order valence-electron chi connectivity index (χ2n) is 6.11. The molecule has 1 aromatic rings. The summed E-state index contributed by atoms with van der Waals surface area (Å²) >= 11 is 0. The van der Waals surface area contributed by atoms with E-state index >= 15 is 0 Å². The molecule has 0 aliphatic carbocycles. The third kappa shape index (κ3) is 5.65. The van der Waals surface area contributed by atoms with Gasteiger partial charge in [-0.05, 0) is 42.9 Å². The molecule has 1 atom stereocenters. The third-order valence-electron chi connectivity index (χ3n) is 3.12. The van der Waals surface area contributed by atoms with Crippen molar-refractivity contribution in [3.05, 3.63) is 35.4 Å². The molecule has 102 valence electrons. The van der Waals surface area contributed by atoms with Gasteiger partial charge in [-0.15, -0.1) is 0 Å². The first-order valence-electron chi connectivity index (χ1n) is 6.88. The molecule has 1 unspecified atom stereocenters. The topological polar surface area (TPSA) is 32.3 Å². The van der Waals surface area contributed by atoms with Crippen LogP contribution in [-0.2, 0) is 12.0 Å². The highest BCUT2D eigenvalue weighted by Crippen LogP contribution is 2.22. The van der Waals surface area contributed by atoms with Crippen molar-refractivity contribution in [3.63, 3.8) is 0 Å². The summed E-state index contributed by atoms with van der Waals surface area (Å²) in [6.45, 7) is 10.4. The van der Waals surface area contributed by atoms with Gasteiger partial charge in [-0.3, -0.25) is 0 Å². The van der Waals surface area contributed by atoms with Crippen LogP contribution in [-0.4, -0.2) is 17.8 Å². The monoisotopic (exact) mass is 249 g/mol. The standard InChI is InChI=1S/C16H27NO/c1-13(18)6-5-11-17-12-14-7-9-15(10-8-14)16(2,3)4/h7-10,13,17-18H,5-6,11-12H2,1-4H3. The van der Waals surface area contributed by atoms with Crippen molar-refractivity contribution < 1.29 is 5.11 Å². The highest BCUT2D eigenvalue weighted by molar-refractivity contribution is 5.27. The molecule has 0 heterocycles. The average Bonchev–Trinajstić information content (AvgIpc) is 2.27. The summed E-state index contributed by atoms with van der Waals surface area (Å²) in [5, 5.41) is 12.6. The maximum Gasteiger partial charge on any atom is 0.0512 e. The molecule has 0 saturated heterocycles. The largest absolute Gasteiger partial charge is 0.393 e. The number of nitrogens with one attached hydrogen (secondary N) is 1. The van der Waals surface area contributed by atoms with Crippen molar-refractivity contribution in [1.29, 1.82) is 0 Å². The molecular formula is C16H27NO. The Hall–Kier alpha value is -0.860. The molecule has 2 heteroatoms. The van der Waals surface area contributed by atoms with E-state index in [1.165, 1.54) is 11.1 Å².